The first-order chi connectivity index (χ1) is 11.5. The second kappa shape index (κ2) is 8.33. The molecule has 0 bridgehead atoms. The molecule has 24 heavy (non-hydrogen) atoms. The Bertz CT molecular complexity index is 617. The number of methoxy groups -OCH3 is 1. The normalized spacial score (nSPS) is 18.1. The maximum Gasteiger partial charge on any atom is 0.328 e. The Balaban J connectivity index is 2.25. The first-order valence-corrected chi connectivity index (χ1v) is 8.30. The molecule has 0 aromatic heterocycles. The SMILES string of the molecule is [B]c1cc(C)cc(CC)c1CC(=O)N1CCOCCC1C(=O)OC. The Kier molecular flexibility index (Phi) is 6.43. The lowest BCUT2D eigenvalue weighted by Crippen LogP contribution is -2.47. The van der Waals surface area contributed by atoms with Crippen molar-refractivity contribution in [3.05, 3.63) is 28.8 Å². The third kappa shape index (κ3) is 4.17. The third-order valence-electron chi connectivity index (χ3n) is 4.41. The minimum absolute atomic E-state index is 0.124. The number of amides is 1. The van der Waals surface area contributed by atoms with Crippen LogP contribution in [0.2, 0.25) is 0 Å². The van der Waals surface area contributed by atoms with E-state index in [9.17, 15) is 9.59 Å². The Morgan fingerprint density at radius 3 is 2.79 bits per heavy atom. The van der Waals surface area contributed by atoms with E-state index in [1.165, 1.54) is 7.11 Å². The Morgan fingerprint density at radius 2 is 2.12 bits per heavy atom. The second-order valence-electron chi connectivity index (χ2n) is 6.05. The lowest BCUT2D eigenvalue weighted by Gasteiger charge is -2.28. The molecule has 0 aliphatic carbocycles. The summed E-state index contributed by atoms with van der Waals surface area (Å²) >= 11 is 0. The van der Waals surface area contributed by atoms with Crippen LogP contribution in [0.1, 0.15) is 30.0 Å². The molecule has 1 heterocycles. The molecule has 1 aromatic carbocycles. The van der Waals surface area contributed by atoms with Gasteiger partial charge in [0.15, 0.2) is 0 Å². The van der Waals surface area contributed by atoms with Gasteiger partial charge < -0.3 is 14.4 Å². The second-order valence-corrected chi connectivity index (χ2v) is 6.05. The summed E-state index contributed by atoms with van der Waals surface area (Å²) in [4.78, 5) is 26.5. The van der Waals surface area contributed by atoms with Crippen LogP contribution in [-0.2, 0) is 31.9 Å². The zero-order chi connectivity index (χ0) is 17.7. The van der Waals surface area contributed by atoms with Gasteiger partial charge in [-0.1, -0.05) is 30.1 Å². The maximum atomic E-state index is 12.9. The fourth-order valence-electron chi connectivity index (χ4n) is 3.16. The molecule has 0 spiro atoms. The van der Waals surface area contributed by atoms with E-state index in [-0.39, 0.29) is 12.3 Å². The summed E-state index contributed by atoms with van der Waals surface area (Å²) in [5, 5.41) is 0. The minimum Gasteiger partial charge on any atom is -0.467 e. The molecule has 1 unspecified atom stereocenters. The topological polar surface area (TPSA) is 55.8 Å². The highest BCUT2D eigenvalue weighted by atomic mass is 16.5. The van der Waals surface area contributed by atoms with Crippen LogP contribution >= 0.6 is 0 Å². The molecular weight excluding hydrogens is 305 g/mol. The van der Waals surface area contributed by atoms with Crippen molar-refractivity contribution in [2.24, 2.45) is 0 Å². The van der Waals surface area contributed by atoms with Crippen LogP contribution in [0.15, 0.2) is 12.1 Å². The molecule has 5 nitrogen and oxygen atoms in total. The van der Waals surface area contributed by atoms with Gasteiger partial charge in [-0.15, -0.1) is 0 Å². The number of ether oxygens (including phenoxy) is 2. The number of hydrogen-bond donors (Lipinski definition) is 0. The van der Waals surface area contributed by atoms with Crippen molar-refractivity contribution in [1.29, 1.82) is 0 Å². The molecule has 1 amide bonds. The molecule has 0 N–H and O–H groups in total. The van der Waals surface area contributed by atoms with Gasteiger partial charge in [-0.3, -0.25) is 4.79 Å². The van der Waals surface area contributed by atoms with Crippen molar-refractivity contribution in [2.45, 2.75) is 39.2 Å². The van der Waals surface area contributed by atoms with Crippen LogP contribution in [0.4, 0.5) is 0 Å². The summed E-state index contributed by atoms with van der Waals surface area (Å²) in [6.07, 6.45) is 1.43. The summed E-state index contributed by atoms with van der Waals surface area (Å²) in [5.74, 6) is -0.525. The molecule has 1 fully saturated rings. The van der Waals surface area contributed by atoms with Crippen LogP contribution in [0.5, 0.6) is 0 Å². The summed E-state index contributed by atoms with van der Waals surface area (Å²) in [5.41, 5.74) is 3.63. The van der Waals surface area contributed by atoms with E-state index in [1.807, 2.05) is 19.9 Å². The van der Waals surface area contributed by atoms with Gasteiger partial charge in [-0.2, -0.15) is 0 Å². The number of carbonyl (C=O) groups excluding carboxylic acids is 2. The standard InChI is InChI=1S/C18H24BNO4/c1-4-13-9-12(2)10-15(19)14(13)11-17(21)20-6-8-24-7-5-16(20)18(22)23-3/h9-10,16H,4-8,11H2,1-3H3. The Morgan fingerprint density at radius 1 is 1.38 bits per heavy atom. The average molecular weight is 329 g/mol. The number of carbonyl (C=O) groups is 2. The third-order valence-corrected chi connectivity index (χ3v) is 4.41. The molecular formula is C18H24BNO4. The van der Waals surface area contributed by atoms with E-state index in [2.05, 4.69) is 6.07 Å². The minimum atomic E-state index is -0.596. The van der Waals surface area contributed by atoms with Gasteiger partial charge >= 0.3 is 5.97 Å². The maximum absolute atomic E-state index is 12.9. The largest absolute Gasteiger partial charge is 0.467 e. The Labute approximate surface area is 144 Å². The lowest BCUT2D eigenvalue weighted by atomic mass is 9.83. The molecule has 2 radical (unpaired) electrons. The monoisotopic (exact) mass is 329 g/mol. The van der Waals surface area contributed by atoms with Crippen molar-refractivity contribution < 1.29 is 19.1 Å². The van der Waals surface area contributed by atoms with Gasteiger partial charge in [0.1, 0.15) is 13.9 Å². The van der Waals surface area contributed by atoms with Crippen LogP contribution < -0.4 is 5.46 Å². The fraction of sp³-hybridized carbons (Fsp3) is 0.556. The van der Waals surface area contributed by atoms with Crippen molar-refractivity contribution in [2.75, 3.05) is 26.9 Å². The summed E-state index contributed by atoms with van der Waals surface area (Å²) in [7, 11) is 7.48. The molecule has 1 atom stereocenters. The zero-order valence-corrected chi connectivity index (χ0v) is 14.6. The summed E-state index contributed by atoms with van der Waals surface area (Å²) in [6.45, 7) is 5.27. The number of hydrogen-bond acceptors (Lipinski definition) is 4. The zero-order valence-electron chi connectivity index (χ0n) is 14.6. The van der Waals surface area contributed by atoms with E-state index in [0.717, 1.165) is 23.1 Å². The van der Waals surface area contributed by atoms with Gasteiger partial charge in [0.2, 0.25) is 5.91 Å². The molecule has 1 saturated heterocycles. The van der Waals surface area contributed by atoms with E-state index in [0.29, 0.717) is 31.6 Å². The van der Waals surface area contributed by atoms with Gasteiger partial charge in [0.05, 0.1) is 20.1 Å². The summed E-state index contributed by atoms with van der Waals surface area (Å²) in [6, 6.07) is 3.34. The lowest BCUT2D eigenvalue weighted by molar-refractivity contribution is -0.152. The number of nitrogens with zero attached hydrogens (tertiary/aromatic N) is 1. The van der Waals surface area contributed by atoms with E-state index >= 15 is 0 Å². The first kappa shape index (κ1) is 18.5. The van der Waals surface area contributed by atoms with Gasteiger partial charge in [-0.25, -0.2) is 4.79 Å². The van der Waals surface area contributed by atoms with Crippen molar-refractivity contribution >= 4 is 25.2 Å². The number of rotatable bonds is 4. The van der Waals surface area contributed by atoms with Crippen molar-refractivity contribution in [3.63, 3.8) is 0 Å². The number of aryl methyl sites for hydroxylation is 2. The first-order valence-electron chi connectivity index (χ1n) is 8.30. The van der Waals surface area contributed by atoms with Gasteiger partial charge in [0, 0.05) is 19.6 Å². The molecule has 1 aliphatic heterocycles. The van der Waals surface area contributed by atoms with Crippen molar-refractivity contribution in [3.8, 4) is 0 Å². The van der Waals surface area contributed by atoms with Gasteiger partial charge in [-0.05, 0) is 24.5 Å². The molecule has 6 heteroatoms. The van der Waals surface area contributed by atoms with E-state index < -0.39 is 12.0 Å². The molecule has 0 saturated carbocycles. The highest BCUT2D eigenvalue weighted by molar-refractivity contribution is 6.33. The smallest absolute Gasteiger partial charge is 0.328 e. The fourth-order valence-corrected chi connectivity index (χ4v) is 3.16. The summed E-state index contributed by atoms with van der Waals surface area (Å²) < 4.78 is 10.3. The molecule has 2 rings (SSSR count). The highest BCUT2D eigenvalue weighted by Crippen LogP contribution is 2.16. The number of benzene rings is 1. The predicted octanol–water partition coefficient (Wildman–Crippen LogP) is 0.684. The molecule has 1 aliphatic rings. The van der Waals surface area contributed by atoms with Crippen molar-refractivity contribution in [1.82, 2.24) is 4.90 Å². The highest BCUT2D eigenvalue weighted by Gasteiger charge is 2.32. The van der Waals surface area contributed by atoms with Gasteiger partial charge in [0.25, 0.3) is 0 Å². The predicted molar refractivity (Wildman–Crippen MR) is 92.6 cm³/mol. The number of esters is 1. The van der Waals surface area contributed by atoms with Crippen LogP contribution in [0, 0.1) is 6.92 Å². The van der Waals surface area contributed by atoms with Crippen LogP contribution in [0.3, 0.4) is 0 Å². The Hall–Kier alpha value is -1.82. The van der Waals surface area contributed by atoms with Crippen LogP contribution in [0.25, 0.3) is 0 Å². The quantitative estimate of drug-likeness (QED) is 0.602. The molecule has 128 valence electrons. The average Bonchev–Trinajstić information content (AvgIpc) is 2.82. The van der Waals surface area contributed by atoms with E-state index in [4.69, 9.17) is 17.3 Å². The molecule has 1 aromatic rings. The van der Waals surface area contributed by atoms with E-state index in [1.54, 1.807) is 4.90 Å². The van der Waals surface area contributed by atoms with Crippen LogP contribution in [-0.4, -0.2) is 57.5 Å².